The number of carboxylic acids is 2. The molecule has 1 fully saturated rings. The summed E-state index contributed by atoms with van der Waals surface area (Å²) in [7, 11) is 0. The predicted molar refractivity (Wildman–Crippen MR) is 163 cm³/mol. The summed E-state index contributed by atoms with van der Waals surface area (Å²) in [5.74, 6) is -4.14. The molecule has 45 heavy (non-hydrogen) atoms. The number of carbonyl (C=O) groups is 4. The Balaban J connectivity index is 0.00000552. The van der Waals surface area contributed by atoms with Crippen LogP contribution in [0.15, 0.2) is 31.0 Å². The summed E-state index contributed by atoms with van der Waals surface area (Å²) in [5, 5.41) is 45.8. The number of nitrogen functional groups attached to an aromatic ring is 1. The maximum atomic E-state index is 13.2. The number of oxime groups is 1. The maximum Gasteiger partial charge on any atom is 1.00 e. The van der Waals surface area contributed by atoms with E-state index in [0.29, 0.717) is 20.4 Å². The van der Waals surface area contributed by atoms with Crippen molar-refractivity contribution in [1.82, 2.24) is 19.6 Å². The van der Waals surface area contributed by atoms with Crippen LogP contribution in [0.5, 0.6) is 0 Å². The molecule has 2 aliphatic heterocycles. The van der Waals surface area contributed by atoms with Gasteiger partial charge in [0.1, 0.15) is 39.6 Å². The first-order valence-corrected chi connectivity index (χ1v) is 16.8. The minimum Gasteiger partial charge on any atom is -0.543 e. The Hall–Kier alpha value is -2.84. The molecule has 2 aromatic rings. The van der Waals surface area contributed by atoms with Gasteiger partial charge in [0.15, 0.2) is 10.8 Å². The number of β-lactam (4-membered cyclic amide) rings is 1. The van der Waals surface area contributed by atoms with Crippen molar-refractivity contribution in [3.8, 4) is 6.07 Å². The molecular weight excluding hydrogens is 698 g/mol. The van der Waals surface area contributed by atoms with Crippen LogP contribution in [-0.2, 0) is 24.0 Å². The van der Waals surface area contributed by atoms with Crippen molar-refractivity contribution in [3.05, 3.63) is 27.9 Å². The molecule has 0 aliphatic carbocycles. The number of thioether (sulfide) groups is 3. The molecule has 0 radical (unpaired) electrons. The zero-order valence-electron chi connectivity index (χ0n) is 23.7. The first kappa shape index (κ1) is 36.6. The molecular formula is C23H22N9NaO7S5. The van der Waals surface area contributed by atoms with Crippen LogP contribution in [-0.4, -0.2) is 88.9 Å². The Morgan fingerprint density at radius 1 is 1.40 bits per heavy atom. The molecule has 2 aromatic heterocycles. The van der Waals surface area contributed by atoms with Crippen molar-refractivity contribution >= 4 is 98.6 Å². The number of nitrogens with one attached hydrogen (secondary N) is 2. The van der Waals surface area contributed by atoms with Crippen molar-refractivity contribution in [2.24, 2.45) is 10.9 Å². The van der Waals surface area contributed by atoms with Crippen LogP contribution in [0.4, 0.5) is 5.13 Å². The largest absolute Gasteiger partial charge is 1.00 e. The number of hydrogen-bond donors (Lipinski definition) is 5. The number of amidine groups is 1. The normalized spacial score (nSPS) is 17.8. The molecule has 16 nitrogen and oxygen atoms in total. The summed E-state index contributed by atoms with van der Waals surface area (Å²) < 4.78 is 4.77. The molecule has 2 aliphatic rings. The molecule has 232 valence electrons. The summed E-state index contributed by atoms with van der Waals surface area (Å²) in [6.07, 6.45) is 0. The van der Waals surface area contributed by atoms with Crippen molar-refractivity contribution in [2.45, 2.75) is 40.1 Å². The third-order valence-electron chi connectivity index (χ3n) is 5.87. The van der Waals surface area contributed by atoms with Gasteiger partial charge in [-0.25, -0.2) is 9.78 Å². The molecule has 0 saturated carbocycles. The Labute approximate surface area is 298 Å². The molecule has 4 rings (SSSR count). The van der Waals surface area contributed by atoms with Gasteiger partial charge in [-0.1, -0.05) is 16.9 Å². The van der Waals surface area contributed by atoms with Gasteiger partial charge >= 0.3 is 35.5 Å². The fourth-order valence-corrected chi connectivity index (χ4v) is 8.52. The van der Waals surface area contributed by atoms with Crippen LogP contribution < -0.4 is 51.4 Å². The van der Waals surface area contributed by atoms with E-state index in [2.05, 4.69) is 25.9 Å². The van der Waals surface area contributed by atoms with Gasteiger partial charge in [-0.3, -0.25) is 19.9 Å². The molecule has 4 heterocycles. The monoisotopic (exact) mass is 719 g/mol. The number of thiazole rings is 1. The van der Waals surface area contributed by atoms with Crippen LogP contribution in [0, 0.1) is 16.7 Å². The van der Waals surface area contributed by atoms with Gasteiger partial charge in [-0.15, -0.1) is 34.9 Å². The van der Waals surface area contributed by atoms with Gasteiger partial charge in [0.2, 0.25) is 5.60 Å². The van der Waals surface area contributed by atoms with E-state index in [4.69, 9.17) is 21.7 Å². The zero-order valence-corrected chi connectivity index (χ0v) is 29.8. The standard InChI is InChI=1S/C23H23N9O7S5.Na/c1-23(2,21(37)38)39-30-12(10-6-43-22(27)28-10)15(33)29-13-17(34)32-14(19(35)36)8(4-41-18(13)32)5-42-20-9(3-24)16(31-44-20)40-7-11(25)26;/h6,13,18H,4-5,7H2,1-2H3,(H3,25,26)(H2,27,28)(H,29,33)(H,35,36)(H,37,38);/q;+1/p-1/b30-12-;/t13-,18-;/m1./s1. The van der Waals surface area contributed by atoms with Crippen LogP contribution in [0.3, 0.4) is 0 Å². The van der Waals surface area contributed by atoms with Gasteiger partial charge in [0, 0.05) is 16.9 Å². The average molecular weight is 720 g/mol. The fraction of sp³-hybridized carbons (Fsp3) is 0.348. The number of anilines is 1. The van der Waals surface area contributed by atoms with Gasteiger partial charge in [-0.2, -0.15) is 9.64 Å². The van der Waals surface area contributed by atoms with E-state index in [0.717, 1.165) is 39.5 Å². The summed E-state index contributed by atoms with van der Waals surface area (Å²) in [6, 6.07) is 0.933. The molecule has 0 bridgehead atoms. The number of fused-ring (bicyclic) bond motifs is 1. The number of nitrogens with zero attached hydrogens (tertiary/aromatic N) is 5. The first-order chi connectivity index (χ1) is 20.7. The van der Waals surface area contributed by atoms with E-state index in [1.807, 2.05) is 0 Å². The van der Waals surface area contributed by atoms with E-state index in [1.54, 1.807) is 0 Å². The first-order valence-electron chi connectivity index (χ1n) is 12.1. The molecule has 0 aromatic carbocycles. The van der Waals surface area contributed by atoms with Crippen molar-refractivity contribution in [2.75, 3.05) is 23.0 Å². The second kappa shape index (κ2) is 15.2. The molecule has 1 saturated heterocycles. The number of hydrogen-bond acceptors (Lipinski definition) is 17. The van der Waals surface area contributed by atoms with Crippen molar-refractivity contribution < 1.29 is 63.8 Å². The third-order valence-corrected chi connectivity index (χ3v) is 11.2. The molecule has 2 atom stereocenters. The minimum absolute atomic E-state index is 0. The number of nitriles is 1. The van der Waals surface area contributed by atoms with Crippen LogP contribution in [0.25, 0.3) is 0 Å². The second-order valence-electron chi connectivity index (χ2n) is 9.38. The Bertz CT molecular complexity index is 1650. The van der Waals surface area contributed by atoms with Gasteiger partial charge in [0.25, 0.3) is 11.8 Å². The van der Waals surface area contributed by atoms with Crippen molar-refractivity contribution in [1.29, 1.82) is 10.7 Å². The molecule has 2 amide bonds. The summed E-state index contributed by atoms with van der Waals surface area (Å²) >= 11 is 5.60. The Morgan fingerprint density at radius 3 is 2.69 bits per heavy atom. The summed E-state index contributed by atoms with van der Waals surface area (Å²) in [6.45, 7) is 2.45. The second-order valence-corrected chi connectivity index (χ2v) is 14.4. The molecule has 22 heteroatoms. The number of nitrogens with two attached hydrogens (primary N) is 2. The van der Waals surface area contributed by atoms with Crippen LogP contribution in [0.2, 0.25) is 0 Å². The molecule has 7 N–H and O–H groups in total. The summed E-state index contributed by atoms with van der Waals surface area (Å²) in [4.78, 5) is 60.1. The van der Waals surface area contributed by atoms with Crippen LogP contribution in [0.1, 0.15) is 25.1 Å². The zero-order chi connectivity index (χ0) is 32.3. The minimum atomic E-state index is -1.79. The van der Waals surface area contributed by atoms with Crippen molar-refractivity contribution in [3.63, 3.8) is 0 Å². The van der Waals surface area contributed by atoms with Gasteiger partial charge in [0.05, 0.1) is 21.6 Å². The number of carboxylic acid groups (broad SMARTS) is 2. The predicted octanol–water partition coefficient (Wildman–Crippen LogP) is -3.13. The Kier molecular flexibility index (Phi) is 12.3. The van der Waals surface area contributed by atoms with Gasteiger partial charge in [-0.05, 0) is 31.0 Å². The smallest absolute Gasteiger partial charge is 0.543 e. The molecule has 0 spiro atoms. The van der Waals surface area contributed by atoms with Crippen LogP contribution >= 0.6 is 58.2 Å². The quantitative estimate of drug-likeness (QED) is 0.0342. The topological polar surface area (TPSA) is 274 Å². The third kappa shape index (κ3) is 8.12. The van der Waals surface area contributed by atoms with E-state index in [9.17, 15) is 34.7 Å². The average Bonchev–Trinajstić information content (AvgIpc) is 3.58. The number of aromatic nitrogens is 2. The SMILES string of the molecule is CC(C)(O/N=C(\C(=O)N[C@@H]1C(=O)N2C(C(=O)[O-])=C(CSc3snc(SCC(=N)N)c3C#N)CS[C@H]12)c1csc(N)n1)C(=O)O.[Na+]. The maximum absolute atomic E-state index is 13.2. The Morgan fingerprint density at radius 2 is 2.11 bits per heavy atom. The fourth-order valence-electron chi connectivity index (χ4n) is 3.64. The van der Waals surface area contributed by atoms with Gasteiger partial charge < -0.3 is 36.6 Å². The molecule has 0 unspecified atom stereocenters. The summed E-state index contributed by atoms with van der Waals surface area (Å²) in [5.41, 5.74) is 9.19. The number of carbonyl (C=O) groups excluding carboxylic acids is 3. The number of rotatable bonds is 13. The number of aliphatic carboxylic acids is 2. The van der Waals surface area contributed by atoms with E-state index < -0.39 is 46.5 Å². The van der Waals surface area contributed by atoms with E-state index in [1.165, 1.54) is 42.8 Å². The van der Waals surface area contributed by atoms with E-state index >= 15 is 0 Å². The van der Waals surface area contributed by atoms with E-state index in [-0.39, 0.29) is 69.2 Å². The number of amides is 2.